The molecule has 8 heteroatoms. The van der Waals surface area contributed by atoms with Crippen molar-refractivity contribution in [3.63, 3.8) is 0 Å². The molecule has 0 fully saturated rings. The predicted molar refractivity (Wildman–Crippen MR) is 93.2 cm³/mol. The van der Waals surface area contributed by atoms with Gasteiger partial charge in [0.1, 0.15) is 5.69 Å². The second-order valence-electron chi connectivity index (χ2n) is 5.05. The Morgan fingerprint density at radius 3 is 2.80 bits per heavy atom. The predicted octanol–water partition coefficient (Wildman–Crippen LogP) is 3.09. The van der Waals surface area contributed by atoms with Crippen LogP contribution < -0.4 is 9.47 Å². The van der Waals surface area contributed by atoms with E-state index in [-0.39, 0.29) is 5.88 Å². The van der Waals surface area contributed by atoms with Gasteiger partial charge >= 0.3 is 0 Å². The van der Waals surface area contributed by atoms with Gasteiger partial charge in [-0.25, -0.2) is 9.67 Å². The minimum absolute atomic E-state index is 0.252. The van der Waals surface area contributed by atoms with Gasteiger partial charge in [0.05, 0.1) is 18.0 Å². The van der Waals surface area contributed by atoms with Gasteiger partial charge in [-0.1, -0.05) is 29.5 Å². The van der Waals surface area contributed by atoms with Crippen LogP contribution >= 0.6 is 11.3 Å². The van der Waals surface area contributed by atoms with Crippen molar-refractivity contribution in [1.29, 1.82) is 0 Å². The van der Waals surface area contributed by atoms with Crippen molar-refractivity contribution in [3.05, 3.63) is 48.0 Å². The molecular weight excluding hydrogens is 340 g/mol. The Kier molecular flexibility index (Phi) is 3.87. The van der Waals surface area contributed by atoms with E-state index < -0.39 is 0 Å². The lowest BCUT2D eigenvalue weighted by atomic mass is 10.1. The third-order valence-electron chi connectivity index (χ3n) is 3.63. The molecule has 0 spiro atoms. The highest BCUT2D eigenvalue weighted by Crippen LogP contribution is 2.31. The van der Waals surface area contributed by atoms with E-state index in [9.17, 15) is 4.79 Å². The number of hydrogen-bond acceptors (Lipinski definition) is 7. The number of nitrogens with zero attached hydrogens (tertiary/aromatic N) is 4. The van der Waals surface area contributed by atoms with E-state index in [4.69, 9.17) is 14.6 Å². The molecular formula is C17H12N4O3S. The van der Waals surface area contributed by atoms with Crippen molar-refractivity contribution in [2.75, 3.05) is 7.11 Å². The third kappa shape index (κ3) is 2.72. The third-order valence-corrected chi connectivity index (χ3v) is 4.42. The normalized spacial score (nSPS) is 10.8. The summed E-state index contributed by atoms with van der Waals surface area (Å²) in [7, 11) is 1.58. The molecule has 0 N–H and O–H groups in total. The first kappa shape index (κ1) is 15.3. The van der Waals surface area contributed by atoms with Gasteiger partial charge in [0.25, 0.3) is 6.47 Å². The minimum Gasteiger partial charge on any atom is -0.481 e. The Morgan fingerprint density at radius 2 is 2.04 bits per heavy atom. The standard InChI is InChI=1S/C17H12N4O3S/c1-23-14-7-6-11(8-18-14)16-12-4-2-3-5-13(12)21(20-16)17-19-15(9-25-17)24-10-22/h2-10H,1H3. The van der Waals surface area contributed by atoms with Crippen LogP contribution in [0.15, 0.2) is 48.0 Å². The number of carbonyl (C=O) groups excluding carboxylic acids is 1. The summed E-state index contributed by atoms with van der Waals surface area (Å²) < 4.78 is 11.6. The zero-order valence-electron chi connectivity index (χ0n) is 13.1. The molecule has 0 amide bonds. The summed E-state index contributed by atoms with van der Waals surface area (Å²) >= 11 is 1.34. The maximum atomic E-state index is 10.5. The molecule has 0 aliphatic carbocycles. The SMILES string of the molecule is COc1ccc(-c2nn(-c3nc(OC=O)cs3)c3ccccc23)cn1. The molecule has 0 aliphatic heterocycles. The number of ether oxygens (including phenoxy) is 2. The zero-order valence-corrected chi connectivity index (χ0v) is 13.9. The summed E-state index contributed by atoms with van der Waals surface area (Å²) in [6.07, 6.45) is 1.72. The Balaban J connectivity index is 1.86. The van der Waals surface area contributed by atoms with Gasteiger partial charge < -0.3 is 9.47 Å². The summed E-state index contributed by atoms with van der Waals surface area (Å²) in [6, 6.07) is 11.6. The van der Waals surface area contributed by atoms with Crippen molar-refractivity contribution >= 4 is 28.7 Å². The largest absolute Gasteiger partial charge is 0.481 e. The first-order valence-electron chi connectivity index (χ1n) is 7.34. The minimum atomic E-state index is 0.252. The fourth-order valence-corrected chi connectivity index (χ4v) is 3.21. The van der Waals surface area contributed by atoms with Crippen LogP contribution in [0, 0.1) is 0 Å². The molecule has 3 aromatic heterocycles. The van der Waals surface area contributed by atoms with Crippen LogP contribution in [0.25, 0.3) is 27.3 Å². The molecule has 4 aromatic rings. The van der Waals surface area contributed by atoms with Crippen LogP contribution in [-0.2, 0) is 4.79 Å². The summed E-state index contributed by atoms with van der Waals surface area (Å²) in [4.78, 5) is 19.0. The lowest BCUT2D eigenvalue weighted by Gasteiger charge is -2.00. The number of methoxy groups -OCH3 is 1. The van der Waals surface area contributed by atoms with E-state index in [0.29, 0.717) is 17.5 Å². The molecule has 0 saturated carbocycles. The van der Waals surface area contributed by atoms with Crippen molar-refractivity contribution < 1.29 is 14.3 Å². The van der Waals surface area contributed by atoms with E-state index in [1.165, 1.54) is 11.3 Å². The Bertz CT molecular complexity index is 1040. The number of rotatable bonds is 5. The van der Waals surface area contributed by atoms with Crippen molar-refractivity contribution in [1.82, 2.24) is 19.7 Å². The highest BCUT2D eigenvalue weighted by molar-refractivity contribution is 7.12. The first-order chi connectivity index (χ1) is 12.3. The lowest BCUT2D eigenvalue weighted by molar-refractivity contribution is -0.120. The van der Waals surface area contributed by atoms with Crippen LogP contribution in [0.5, 0.6) is 11.8 Å². The number of benzene rings is 1. The Morgan fingerprint density at radius 1 is 1.16 bits per heavy atom. The average molecular weight is 352 g/mol. The van der Waals surface area contributed by atoms with Gasteiger partial charge in [-0.3, -0.25) is 4.79 Å². The Hall–Kier alpha value is -3.26. The van der Waals surface area contributed by atoms with Gasteiger partial charge in [-0.2, -0.15) is 10.1 Å². The van der Waals surface area contributed by atoms with Crippen LogP contribution in [0.3, 0.4) is 0 Å². The molecule has 0 radical (unpaired) electrons. The molecule has 25 heavy (non-hydrogen) atoms. The lowest BCUT2D eigenvalue weighted by Crippen LogP contribution is -1.96. The van der Waals surface area contributed by atoms with E-state index in [1.807, 2.05) is 30.3 Å². The van der Waals surface area contributed by atoms with Crippen molar-refractivity contribution in [3.8, 4) is 28.1 Å². The molecule has 0 aliphatic rings. The quantitative estimate of drug-likeness (QED) is 0.514. The topological polar surface area (TPSA) is 79.1 Å². The molecule has 0 bridgehead atoms. The van der Waals surface area contributed by atoms with Gasteiger partial charge in [0, 0.05) is 23.2 Å². The van der Waals surface area contributed by atoms with Crippen LogP contribution in [0.1, 0.15) is 0 Å². The van der Waals surface area contributed by atoms with E-state index in [1.54, 1.807) is 29.4 Å². The van der Waals surface area contributed by atoms with Crippen molar-refractivity contribution in [2.45, 2.75) is 0 Å². The van der Waals surface area contributed by atoms with Gasteiger partial charge in [-0.05, 0) is 12.1 Å². The first-order valence-corrected chi connectivity index (χ1v) is 8.22. The Labute approximate surface area is 146 Å². The number of fused-ring (bicyclic) bond motifs is 1. The molecule has 0 unspecified atom stereocenters. The molecule has 3 heterocycles. The monoisotopic (exact) mass is 352 g/mol. The number of thiazole rings is 1. The molecule has 0 atom stereocenters. The van der Waals surface area contributed by atoms with Gasteiger partial charge in [0.2, 0.25) is 16.9 Å². The second kappa shape index (κ2) is 6.33. The van der Waals surface area contributed by atoms with Crippen molar-refractivity contribution in [2.24, 2.45) is 0 Å². The maximum Gasteiger partial charge on any atom is 0.299 e. The van der Waals surface area contributed by atoms with Crippen LogP contribution in [-0.4, -0.2) is 33.3 Å². The van der Waals surface area contributed by atoms with Crippen LogP contribution in [0.4, 0.5) is 0 Å². The van der Waals surface area contributed by atoms with Gasteiger partial charge in [0.15, 0.2) is 0 Å². The second-order valence-corrected chi connectivity index (χ2v) is 5.89. The zero-order chi connectivity index (χ0) is 17.2. The highest BCUT2D eigenvalue weighted by atomic mass is 32.1. The molecule has 1 aromatic carbocycles. The van der Waals surface area contributed by atoms with Crippen LogP contribution in [0.2, 0.25) is 0 Å². The maximum absolute atomic E-state index is 10.5. The van der Waals surface area contributed by atoms with Gasteiger partial charge in [-0.15, -0.1) is 0 Å². The number of aromatic nitrogens is 4. The summed E-state index contributed by atoms with van der Waals surface area (Å²) in [6.45, 7) is 0.356. The van der Waals surface area contributed by atoms with E-state index in [2.05, 4.69) is 9.97 Å². The molecule has 124 valence electrons. The molecule has 0 saturated heterocycles. The van der Waals surface area contributed by atoms with E-state index in [0.717, 1.165) is 22.2 Å². The molecule has 7 nitrogen and oxygen atoms in total. The molecule has 4 rings (SSSR count). The number of para-hydroxylation sites is 1. The summed E-state index contributed by atoms with van der Waals surface area (Å²) in [5, 5.41) is 7.95. The summed E-state index contributed by atoms with van der Waals surface area (Å²) in [5.41, 5.74) is 2.57. The fraction of sp³-hybridized carbons (Fsp3) is 0.0588. The smallest absolute Gasteiger partial charge is 0.299 e. The highest BCUT2D eigenvalue weighted by Gasteiger charge is 2.16. The number of pyridine rings is 1. The fourth-order valence-electron chi connectivity index (χ4n) is 2.52. The average Bonchev–Trinajstić information content (AvgIpc) is 3.27. The number of hydrogen-bond donors (Lipinski definition) is 0. The number of carbonyl (C=O) groups is 1. The van der Waals surface area contributed by atoms with E-state index >= 15 is 0 Å². The summed E-state index contributed by atoms with van der Waals surface area (Å²) in [5.74, 6) is 0.797.